The number of carboxylic acids is 2. The van der Waals surface area contributed by atoms with E-state index in [4.69, 9.17) is 29.8 Å². The molecule has 0 atom stereocenters. The number of carbonyl (C=O) groups is 2. The monoisotopic (exact) mass is 723 g/mol. The fourth-order valence-electron chi connectivity index (χ4n) is 5.87. The van der Waals surface area contributed by atoms with Gasteiger partial charge in [0, 0.05) is 35.5 Å². The van der Waals surface area contributed by atoms with E-state index in [1.165, 1.54) is 11.1 Å². The Hall–Kier alpha value is -3.17. The van der Waals surface area contributed by atoms with Gasteiger partial charge in [0.15, 0.2) is 0 Å². The van der Waals surface area contributed by atoms with Crippen LogP contribution in [-0.2, 0) is 52.1 Å². The van der Waals surface area contributed by atoms with Crippen LogP contribution in [0, 0.1) is 23.7 Å². The zero-order chi connectivity index (χ0) is 36.6. The predicted octanol–water partition coefficient (Wildman–Crippen LogP) is 6.25. The largest absolute Gasteiger partial charge is 2.00 e. The van der Waals surface area contributed by atoms with E-state index in [1.54, 1.807) is 0 Å². The predicted molar refractivity (Wildman–Crippen MR) is 193 cm³/mol. The average Bonchev–Trinajstić information content (AvgIpc) is 2.93. The number of nitrogens with zero attached hydrogens (tertiary/aromatic N) is 2. The van der Waals surface area contributed by atoms with Crippen LogP contribution in [-0.4, -0.2) is 46.7 Å². The van der Waals surface area contributed by atoms with Crippen molar-refractivity contribution in [3.8, 4) is 11.5 Å². The van der Waals surface area contributed by atoms with Gasteiger partial charge in [-0.3, -0.25) is 9.98 Å². The first kappa shape index (κ1) is 45.8. The number of hydrogen-bond donors (Lipinski definition) is 2. The standard InChI is InChI=1S/C36H54N2O2.2C2H4O2.Co/c1-23(2)13-27-17-29(15-25(5)6)35(39)31(19-27)21-37-33-9-11-34(12-10-33)38-22-32-20-28(14-24(3)4)18-30(36(32)40)16-26(7)8;2*1-2(3)4;/h17-26,33-34,39-40H,9-16H2,1-8H3;2*1H3,(H,3,4);/q;;;+2/p-2. The van der Waals surface area contributed by atoms with Crippen LogP contribution in [0.4, 0.5) is 0 Å². The number of aromatic hydroxyl groups is 2. The summed E-state index contributed by atoms with van der Waals surface area (Å²) in [5.74, 6) is 0.723. The SMILES string of the molecule is CC(=O)[O-].CC(=O)[O-].CC(C)Cc1cc(C=NC2CCC(N=Cc3cc(CC(C)C)cc(CC(C)C)c3O)CC2)c(O)c(CC(C)C)c1.[Co+2]. The van der Waals surface area contributed by atoms with Crippen LogP contribution in [0.3, 0.4) is 0 Å². The number of phenolic OH excluding ortho intramolecular Hbond substituents is 2. The second-order valence-electron chi connectivity index (χ2n) is 14.8. The van der Waals surface area contributed by atoms with Crippen molar-refractivity contribution in [2.45, 2.75) is 133 Å². The minimum atomic E-state index is -1.08. The fourth-order valence-corrected chi connectivity index (χ4v) is 5.87. The van der Waals surface area contributed by atoms with Gasteiger partial charge in [-0.2, -0.15) is 0 Å². The average molecular weight is 724 g/mol. The number of rotatable bonds is 12. The van der Waals surface area contributed by atoms with Crippen LogP contribution in [0.2, 0.25) is 0 Å². The quantitative estimate of drug-likeness (QED) is 0.248. The molecule has 8 nitrogen and oxygen atoms in total. The summed E-state index contributed by atoms with van der Waals surface area (Å²) in [7, 11) is 0. The summed E-state index contributed by atoms with van der Waals surface area (Å²) in [6.07, 6.45) is 11.5. The van der Waals surface area contributed by atoms with Gasteiger partial charge >= 0.3 is 16.8 Å². The second-order valence-corrected chi connectivity index (χ2v) is 14.8. The number of carbonyl (C=O) groups excluding carboxylic acids is 2. The van der Waals surface area contributed by atoms with E-state index >= 15 is 0 Å². The summed E-state index contributed by atoms with van der Waals surface area (Å²) >= 11 is 0. The smallest absolute Gasteiger partial charge is 0.550 e. The molecule has 275 valence electrons. The Morgan fingerprint density at radius 2 is 0.898 bits per heavy atom. The zero-order valence-corrected chi connectivity index (χ0v) is 32.4. The molecule has 49 heavy (non-hydrogen) atoms. The fraction of sp³-hybridized carbons (Fsp3) is 0.600. The van der Waals surface area contributed by atoms with Crippen molar-refractivity contribution in [2.24, 2.45) is 33.7 Å². The first-order valence-electron chi connectivity index (χ1n) is 17.5. The Morgan fingerprint density at radius 1 is 0.633 bits per heavy atom. The maximum absolute atomic E-state index is 11.0. The molecule has 0 bridgehead atoms. The van der Waals surface area contributed by atoms with Gasteiger partial charge in [0.05, 0.1) is 12.1 Å². The number of hydrogen-bond acceptors (Lipinski definition) is 8. The Kier molecular flexibility index (Phi) is 21.8. The van der Waals surface area contributed by atoms with Crippen molar-refractivity contribution >= 4 is 24.4 Å². The molecule has 1 aliphatic rings. The van der Waals surface area contributed by atoms with E-state index in [2.05, 4.69) is 79.7 Å². The molecule has 2 aromatic carbocycles. The van der Waals surface area contributed by atoms with Gasteiger partial charge < -0.3 is 30.0 Å². The van der Waals surface area contributed by atoms with Crippen LogP contribution in [0.15, 0.2) is 34.3 Å². The molecule has 0 amide bonds. The first-order valence-corrected chi connectivity index (χ1v) is 17.5. The van der Waals surface area contributed by atoms with E-state index < -0.39 is 11.9 Å². The third kappa shape index (κ3) is 19.6. The summed E-state index contributed by atoms with van der Waals surface area (Å²) in [5, 5.41) is 39.7. The number of aliphatic imine (C=N–C) groups is 2. The van der Waals surface area contributed by atoms with E-state index in [0.29, 0.717) is 35.2 Å². The number of phenols is 2. The Balaban J connectivity index is 0.00000230. The molecule has 0 unspecified atom stereocenters. The molecular formula is C40H60CoN2O6. The Morgan fingerprint density at radius 3 is 1.14 bits per heavy atom. The molecule has 0 aliphatic heterocycles. The summed E-state index contributed by atoms with van der Waals surface area (Å²) < 4.78 is 0. The van der Waals surface area contributed by atoms with Crippen molar-refractivity contribution in [1.82, 2.24) is 0 Å². The van der Waals surface area contributed by atoms with Crippen LogP contribution in [0.5, 0.6) is 11.5 Å². The number of carboxylic acid groups (broad SMARTS) is 2. The molecule has 0 heterocycles. The van der Waals surface area contributed by atoms with Gasteiger partial charge in [-0.25, -0.2) is 0 Å². The normalized spacial score (nSPS) is 16.0. The van der Waals surface area contributed by atoms with Gasteiger partial charge in [-0.1, -0.05) is 67.5 Å². The minimum Gasteiger partial charge on any atom is -0.550 e. The molecule has 1 saturated carbocycles. The molecule has 0 aromatic heterocycles. The second kappa shape index (κ2) is 23.3. The number of aliphatic carboxylic acids is 2. The van der Waals surface area contributed by atoms with E-state index in [1.807, 2.05) is 12.4 Å². The van der Waals surface area contributed by atoms with Gasteiger partial charge in [0.1, 0.15) is 11.5 Å². The van der Waals surface area contributed by atoms with Crippen molar-refractivity contribution in [3.05, 3.63) is 57.6 Å². The van der Waals surface area contributed by atoms with E-state index in [9.17, 15) is 10.2 Å². The van der Waals surface area contributed by atoms with Crippen molar-refractivity contribution in [2.75, 3.05) is 0 Å². The molecule has 2 aromatic rings. The summed E-state index contributed by atoms with van der Waals surface area (Å²) in [5.41, 5.74) is 6.32. The van der Waals surface area contributed by atoms with Gasteiger partial charge in [-0.05, 0) is 123 Å². The van der Waals surface area contributed by atoms with Gasteiger partial charge in [-0.15, -0.1) is 0 Å². The summed E-state index contributed by atoms with van der Waals surface area (Å²) in [6, 6.07) is 9.11. The maximum atomic E-state index is 11.0. The van der Waals surface area contributed by atoms with E-state index in [-0.39, 0.29) is 28.9 Å². The molecule has 0 saturated heterocycles. The van der Waals surface area contributed by atoms with Crippen LogP contribution in [0.25, 0.3) is 0 Å². The van der Waals surface area contributed by atoms with Crippen molar-refractivity contribution < 1.29 is 46.8 Å². The van der Waals surface area contributed by atoms with Crippen molar-refractivity contribution in [1.29, 1.82) is 0 Å². The Bertz CT molecular complexity index is 1250. The summed E-state index contributed by atoms with van der Waals surface area (Å²) in [4.78, 5) is 27.6. The van der Waals surface area contributed by atoms with Gasteiger partial charge in [0.25, 0.3) is 0 Å². The van der Waals surface area contributed by atoms with Crippen molar-refractivity contribution in [3.63, 3.8) is 0 Å². The third-order valence-corrected chi connectivity index (χ3v) is 7.62. The zero-order valence-electron chi connectivity index (χ0n) is 31.3. The third-order valence-electron chi connectivity index (χ3n) is 7.62. The van der Waals surface area contributed by atoms with Crippen LogP contribution < -0.4 is 10.2 Å². The molecular weight excluding hydrogens is 663 g/mol. The molecule has 2 N–H and O–H groups in total. The van der Waals surface area contributed by atoms with Crippen LogP contribution >= 0.6 is 0 Å². The molecule has 1 fully saturated rings. The molecule has 1 radical (unpaired) electrons. The molecule has 0 spiro atoms. The van der Waals surface area contributed by atoms with Crippen LogP contribution in [0.1, 0.15) is 128 Å². The topological polar surface area (TPSA) is 145 Å². The van der Waals surface area contributed by atoms with E-state index in [0.717, 1.165) is 87.5 Å². The first-order chi connectivity index (χ1) is 22.4. The minimum absolute atomic E-state index is 0. The maximum Gasteiger partial charge on any atom is 2.00 e. The Labute approximate surface area is 305 Å². The molecule has 1 aliphatic carbocycles. The number of benzene rings is 2. The summed E-state index contributed by atoms with van der Waals surface area (Å²) in [6.45, 7) is 19.6. The van der Waals surface area contributed by atoms with Gasteiger partial charge in [0.2, 0.25) is 0 Å². The molecule has 3 rings (SSSR count). The molecule has 9 heteroatoms.